The number of fused-ring (bicyclic) bond motifs is 3. The largest absolute Gasteiger partial charge is 0.481 e. The summed E-state index contributed by atoms with van der Waals surface area (Å²) < 4.78 is 11.1. The first-order chi connectivity index (χ1) is 16.8. The van der Waals surface area contributed by atoms with Crippen LogP contribution in [0.3, 0.4) is 0 Å². The van der Waals surface area contributed by atoms with Gasteiger partial charge in [-0.05, 0) is 35.6 Å². The van der Waals surface area contributed by atoms with Gasteiger partial charge in [0, 0.05) is 25.6 Å². The Morgan fingerprint density at radius 2 is 1.74 bits per heavy atom. The lowest BCUT2D eigenvalue weighted by Crippen LogP contribution is -2.53. The lowest BCUT2D eigenvalue weighted by atomic mass is 9.85. The second kappa shape index (κ2) is 10.5. The Bertz CT molecular complexity index is 1060. The third-order valence-electron chi connectivity index (χ3n) is 7.09. The molecule has 1 aliphatic carbocycles. The third kappa shape index (κ3) is 5.32. The number of carbonyl (C=O) groups excluding carboxylic acids is 2. The van der Waals surface area contributed by atoms with E-state index in [2.05, 4.69) is 29.6 Å². The Kier molecular flexibility index (Phi) is 7.40. The lowest BCUT2D eigenvalue weighted by molar-refractivity contribution is -0.153. The van der Waals surface area contributed by atoms with Gasteiger partial charge in [-0.1, -0.05) is 55.5 Å². The van der Waals surface area contributed by atoms with Gasteiger partial charge in [-0.3, -0.25) is 9.59 Å². The molecule has 2 amide bonds. The highest BCUT2D eigenvalue weighted by molar-refractivity contribution is 5.83. The number of aliphatic carboxylic acids is 1. The molecule has 0 spiro atoms. The van der Waals surface area contributed by atoms with Crippen LogP contribution in [0, 0.1) is 5.41 Å². The number of carboxylic acid groups (broad SMARTS) is 1. The Hall–Kier alpha value is -3.39. The molecule has 35 heavy (non-hydrogen) atoms. The maximum Gasteiger partial charge on any atom is 0.407 e. The van der Waals surface area contributed by atoms with Gasteiger partial charge in [-0.25, -0.2) is 4.79 Å². The van der Waals surface area contributed by atoms with Crippen LogP contribution in [0.2, 0.25) is 0 Å². The number of benzene rings is 2. The standard InChI is InChI=1S/C27H32N2O6/c1-3-27(2,25(32)29-12-13-34-18(15-29)14-24(30)31)17-28-26(33)35-16-23-21-10-6-4-8-19(21)20-9-5-7-11-22(20)23/h4-11,18,23H,3,12-17H2,1-2H3,(H,28,33)(H,30,31). The highest BCUT2D eigenvalue weighted by Gasteiger charge is 2.38. The Balaban J connectivity index is 1.34. The molecular weight excluding hydrogens is 448 g/mol. The van der Waals surface area contributed by atoms with Crippen molar-refractivity contribution >= 4 is 18.0 Å². The van der Waals surface area contributed by atoms with Gasteiger partial charge in [0.15, 0.2) is 0 Å². The van der Waals surface area contributed by atoms with Crippen LogP contribution in [0.1, 0.15) is 43.7 Å². The van der Waals surface area contributed by atoms with Crippen molar-refractivity contribution in [2.24, 2.45) is 5.41 Å². The molecular formula is C27H32N2O6. The van der Waals surface area contributed by atoms with Gasteiger partial charge in [0.05, 0.1) is 24.5 Å². The lowest BCUT2D eigenvalue weighted by Gasteiger charge is -2.38. The molecule has 0 saturated carbocycles. The van der Waals surface area contributed by atoms with E-state index in [1.54, 1.807) is 11.8 Å². The van der Waals surface area contributed by atoms with Crippen molar-refractivity contribution in [1.29, 1.82) is 0 Å². The van der Waals surface area contributed by atoms with Crippen LogP contribution in [0.4, 0.5) is 4.79 Å². The number of nitrogens with zero attached hydrogens (tertiary/aromatic N) is 1. The fourth-order valence-corrected chi connectivity index (χ4v) is 4.87. The summed E-state index contributed by atoms with van der Waals surface area (Å²) in [4.78, 5) is 38.5. The molecule has 2 aromatic carbocycles. The molecule has 1 fully saturated rings. The number of nitrogens with one attached hydrogen (secondary N) is 1. The second-order valence-corrected chi connectivity index (χ2v) is 9.44. The number of hydrogen-bond acceptors (Lipinski definition) is 5. The summed E-state index contributed by atoms with van der Waals surface area (Å²) in [5.74, 6) is -1.12. The van der Waals surface area contributed by atoms with Gasteiger partial charge in [-0.2, -0.15) is 0 Å². The average molecular weight is 481 g/mol. The van der Waals surface area contributed by atoms with E-state index in [9.17, 15) is 14.4 Å². The van der Waals surface area contributed by atoms with Gasteiger partial charge in [0.2, 0.25) is 5.91 Å². The van der Waals surface area contributed by atoms with E-state index < -0.39 is 23.6 Å². The summed E-state index contributed by atoms with van der Waals surface area (Å²) in [6, 6.07) is 16.3. The third-order valence-corrected chi connectivity index (χ3v) is 7.09. The molecule has 2 atom stereocenters. The maximum absolute atomic E-state index is 13.3. The molecule has 2 unspecified atom stereocenters. The number of alkyl carbamates (subject to hydrolysis) is 1. The van der Waals surface area contributed by atoms with Crippen molar-refractivity contribution in [3.63, 3.8) is 0 Å². The van der Waals surface area contributed by atoms with Crippen LogP contribution in [-0.2, 0) is 19.1 Å². The van der Waals surface area contributed by atoms with E-state index >= 15 is 0 Å². The van der Waals surface area contributed by atoms with E-state index in [1.165, 1.54) is 0 Å². The van der Waals surface area contributed by atoms with Gasteiger partial charge < -0.3 is 24.8 Å². The van der Waals surface area contributed by atoms with Crippen LogP contribution >= 0.6 is 0 Å². The maximum atomic E-state index is 13.3. The molecule has 0 radical (unpaired) electrons. The minimum atomic E-state index is -0.959. The predicted octanol–water partition coefficient (Wildman–Crippen LogP) is 3.64. The van der Waals surface area contributed by atoms with E-state index in [-0.39, 0.29) is 37.9 Å². The first kappa shape index (κ1) is 24.7. The van der Waals surface area contributed by atoms with Gasteiger partial charge in [-0.15, -0.1) is 0 Å². The topological polar surface area (TPSA) is 105 Å². The van der Waals surface area contributed by atoms with E-state index in [4.69, 9.17) is 14.6 Å². The van der Waals surface area contributed by atoms with Gasteiger partial charge in [0.1, 0.15) is 6.61 Å². The molecule has 0 bridgehead atoms. The number of rotatable bonds is 8. The van der Waals surface area contributed by atoms with E-state index in [1.807, 2.05) is 31.2 Å². The highest BCUT2D eigenvalue weighted by atomic mass is 16.5. The minimum absolute atomic E-state index is 0.0353. The second-order valence-electron chi connectivity index (χ2n) is 9.44. The van der Waals surface area contributed by atoms with Crippen LogP contribution in [0.5, 0.6) is 0 Å². The summed E-state index contributed by atoms with van der Waals surface area (Å²) in [6.07, 6.45) is -0.729. The molecule has 2 aromatic rings. The fraction of sp³-hybridized carbons (Fsp3) is 0.444. The van der Waals surface area contributed by atoms with E-state index in [0.29, 0.717) is 19.6 Å². The summed E-state index contributed by atoms with van der Waals surface area (Å²) in [5, 5.41) is 11.8. The average Bonchev–Trinajstić information content (AvgIpc) is 3.19. The zero-order chi connectivity index (χ0) is 25.0. The molecule has 8 nitrogen and oxygen atoms in total. The van der Waals surface area contributed by atoms with Crippen molar-refractivity contribution in [2.45, 2.75) is 38.7 Å². The minimum Gasteiger partial charge on any atom is -0.481 e. The number of carbonyl (C=O) groups is 3. The number of hydrogen-bond donors (Lipinski definition) is 2. The quantitative estimate of drug-likeness (QED) is 0.598. The van der Waals surface area contributed by atoms with Crippen LogP contribution in [0.25, 0.3) is 11.1 Å². The molecule has 186 valence electrons. The first-order valence-electron chi connectivity index (χ1n) is 12.0. The van der Waals surface area contributed by atoms with Gasteiger partial charge >= 0.3 is 12.1 Å². The van der Waals surface area contributed by atoms with Crippen LogP contribution in [-0.4, -0.2) is 66.9 Å². The van der Waals surface area contributed by atoms with Crippen molar-refractivity contribution < 1.29 is 29.0 Å². The molecule has 8 heteroatoms. The summed E-state index contributed by atoms with van der Waals surface area (Å²) in [7, 11) is 0. The smallest absolute Gasteiger partial charge is 0.407 e. The zero-order valence-electron chi connectivity index (χ0n) is 20.2. The Morgan fingerprint density at radius 1 is 1.11 bits per heavy atom. The molecule has 2 N–H and O–H groups in total. The summed E-state index contributed by atoms with van der Waals surface area (Å²) in [6.45, 7) is 4.95. The Labute approximate surface area is 205 Å². The summed E-state index contributed by atoms with van der Waals surface area (Å²) in [5.41, 5.74) is 3.76. The zero-order valence-corrected chi connectivity index (χ0v) is 20.2. The molecule has 1 aliphatic heterocycles. The molecule has 4 rings (SSSR count). The first-order valence-corrected chi connectivity index (χ1v) is 12.0. The normalized spacial score (nSPS) is 18.8. The van der Waals surface area contributed by atoms with Crippen LogP contribution in [0.15, 0.2) is 48.5 Å². The summed E-state index contributed by atoms with van der Waals surface area (Å²) >= 11 is 0. The molecule has 1 saturated heterocycles. The molecule has 1 heterocycles. The monoisotopic (exact) mass is 480 g/mol. The fourth-order valence-electron chi connectivity index (χ4n) is 4.87. The highest BCUT2D eigenvalue weighted by Crippen LogP contribution is 2.44. The van der Waals surface area contributed by atoms with Crippen LogP contribution < -0.4 is 5.32 Å². The molecule has 2 aliphatic rings. The van der Waals surface area contributed by atoms with Gasteiger partial charge in [0.25, 0.3) is 0 Å². The van der Waals surface area contributed by atoms with Crippen molar-refractivity contribution in [3.05, 3.63) is 59.7 Å². The van der Waals surface area contributed by atoms with E-state index in [0.717, 1.165) is 22.3 Å². The van der Waals surface area contributed by atoms with Crippen molar-refractivity contribution in [1.82, 2.24) is 10.2 Å². The number of morpholine rings is 1. The van der Waals surface area contributed by atoms with Crippen molar-refractivity contribution in [3.8, 4) is 11.1 Å². The number of carboxylic acids is 1. The van der Waals surface area contributed by atoms with Crippen molar-refractivity contribution in [2.75, 3.05) is 32.8 Å². The number of ether oxygens (including phenoxy) is 2. The number of amides is 2. The Morgan fingerprint density at radius 3 is 2.34 bits per heavy atom. The predicted molar refractivity (Wildman–Crippen MR) is 130 cm³/mol. The molecule has 0 aromatic heterocycles. The SMILES string of the molecule is CCC(C)(CNC(=O)OCC1c2ccccc2-c2ccccc21)C(=O)N1CCOC(CC(=O)O)C1.